The van der Waals surface area contributed by atoms with Gasteiger partial charge in [0.05, 0.1) is 38.6 Å². The van der Waals surface area contributed by atoms with Gasteiger partial charge >= 0.3 is 0 Å². The topological polar surface area (TPSA) is 69.2 Å². The zero-order valence-corrected chi connectivity index (χ0v) is 34.3. The van der Waals surface area contributed by atoms with E-state index in [0.717, 1.165) is 98.8 Å². The van der Waals surface area contributed by atoms with Crippen molar-refractivity contribution in [2.24, 2.45) is 0 Å². The summed E-state index contributed by atoms with van der Waals surface area (Å²) in [5, 5.41) is 9.16. The van der Waals surface area contributed by atoms with Gasteiger partial charge in [0.2, 0.25) is 11.9 Å². The first-order valence-corrected chi connectivity index (χ1v) is 21.6. The minimum Gasteiger partial charge on any atom is -0.353 e. The van der Waals surface area contributed by atoms with E-state index in [1.807, 2.05) is 6.07 Å². The number of aromatic nitrogens is 7. The van der Waals surface area contributed by atoms with Gasteiger partial charge in [-0.3, -0.25) is 9.13 Å². The van der Waals surface area contributed by atoms with Crippen molar-refractivity contribution in [3.63, 3.8) is 0 Å². The van der Waals surface area contributed by atoms with E-state index in [2.05, 4.69) is 219 Å². The Morgan fingerprint density at radius 3 is 1.36 bits per heavy atom. The smallest absolute Gasteiger partial charge is 0.240 e. The van der Waals surface area contributed by atoms with E-state index < -0.39 is 0 Å². The lowest BCUT2D eigenvalue weighted by Crippen LogP contribution is -2.10. The van der Waals surface area contributed by atoms with Crippen LogP contribution in [-0.4, -0.2) is 33.6 Å². The minimum atomic E-state index is 0.533. The first-order chi connectivity index (χ1) is 31.8. The number of rotatable bonds is 5. The fraction of sp³-hybridized carbons (Fsp3) is 0. The van der Waals surface area contributed by atoms with Crippen LogP contribution in [0.2, 0.25) is 0 Å². The molecule has 0 atom stereocenters. The number of H-pyrrole nitrogens is 1. The van der Waals surface area contributed by atoms with Gasteiger partial charge in [0.1, 0.15) is 0 Å². The molecule has 0 aliphatic rings. The summed E-state index contributed by atoms with van der Waals surface area (Å²) in [6, 6.07) is 73.1. The van der Waals surface area contributed by atoms with Crippen molar-refractivity contribution in [2.75, 3.05) is 0 Å². The van der Waals surface area contributed by atoms with E-state index in [1.54, 1.807) is 0 Å². The van der Waals surface area contributed by atoms with E-state index in [0.29, 0.717) is 17.7 Å². The highest BCUT2D eigenvalue weighted by Gasteiger charge is 2.25. The molecule has 14 rings (SSSR count). The van der Waals surface area contributed by atoms with Crippen molar-refractivity contribution < 1.29 is 0 Å². The van der Waals surface area contributed by atoms with Crippen molar-refractivity contribution >= 4 is 87.2 Å². The fourth-order valence-electron chi connectivity index (χ4n) is 10.3. The molecule has 7 heteroatoms. The summed E-state index contributed by atoms with van der Waals surface area (Å²) in [6.07, 6.45) is 0. The molecule has 0 amide bonds. The van der Waals surface area contributed by atoms with Gasteiger partial charge in [-0.25, -0.2) is 0 Å². The molecular weight excluding hydrogens is 783 g/mol. The van der Waals surface area contributed by atoms with E-state index in [-0.39, 0.29) is 0 Å². The molecule has 0 saturated carbocycles. The maximum Gasteiger partial charge on any atom is 0.240 e. The van der Waals surface area contributed by atoms with Crippen LogP contribution in [0.3, 0.4) is 0 Å². The zero-order chi connectivity index (χ0) is 41.9. The lowest BCUT2D eigenvalue weighted by molar-refractivity contribution is 0.893. The molecule has 0 aliphatic carbocycles. The van der Waals surface area contributed by atoms with Gasteiger partial charge in [-0.15, -0.1) is 0 Å². The van der Waals surface area contributed by atoms with Gasteiger partial charge in [0.25, 0.3) is 0 Å². The van der Waals surface area contributed by atoms with Gasteiger partial charge in [-0.2, -0.15) is 15.0 Å². The fourth-order valence-corrected chi connectivity index (χ4v) is 10.3. The molecule has 0 radical (unpaired) electrons. The van der Waals surface area contributed by atoms with Crippen molar-refractivity contribution in [3.8, 4) is 40.1 Å². The number of hydrogen-bond donors (Lipinski definition) is 1. The van der Waals surface area contributed by atoms with E-state index >= 15 is 0 Å². The average molecular weight is 818 g/mol. The molecule has 9 aromatic carbocycles. The van der Waals surface area contributed by atoms with Crippen LogP contribution in [0.5, 0.6) is 0 Å². The van der Waals surface area contributed by atoms with Crippen LogP contribution in [0, 0.1) is 0 Å². The molecule has 0 unspecified atom stereocenters. The second-order valence-electron chi connectivity index (χ2n) is 16.5. The molecule has 7 nitrogen and oxygen atoms in total. The summed E-state index contributed by atoms with van der Waals surface area (Å²) >= 11 is 0. The maximum absolute atomic E-state index is 5.61. The second-order valence-corrected chi connectivity index (χ2v) is 16.5. The monoisotopic (exact) mass is 817 g/mol. The molecule has 5 heterocycles. The minimum absolute atomic E-state index is 0.533. The van der Waals surface area contributed by atoms with Crippen molar-refractivity contribution in [2.45, 2.75) is 0 Å². The lowest BCUT2D eigenvalue weighted by atomic mass is 10.0. The Morgan fingerprint density at radius 1 is 0.297 bits per heavy atom. The summed E-state index contributed by atoms with van der Waals surface area (Å²) in [5.74, 6) is 1.65. The molecule has 5 aromatic heterocycles. The highest BCUT2D eigenvalue weighted by atomic mass is 15.3. The lowest BCUT2D eigenvalue weighted by Gasteiger charge is -2.14. The number of para-hydroxylation sites is 5. The third-order valence-corrected chi connectivity index (χ3v) is 13.1. The summed E-state index contributed by atoms with van der Waals surface area (Å²) in [4.78, 5) is 20.4. The molecule has 0 aliphatic heterocycles. The average Bonchev–Trinajstić information content (AvgIpc) is 4.11. The third kappa shape index (κ3) is 4.94. The molecule has 298 valence electrons. The Morgan fingerprint density at radius 2 is 0.734 bits per heavy atom. The van der Waals surface area contributed by atoms with E-state index in [9.17, 15) is 0 Å². The second kappa shape index (κ2) is 13.3. The van der Waals surface area contributed by atoms with Gasteiger partial charge in [0.15, 0.2) is 5.82 Å². The Bertz CT molecular complexity index is 4170. The number of nitrogens with one attached hydrogen (secondary N) is 1. The predicted molar refractivity (Wildman–Crippen MR) is 263 cm³/mol. The molecule has 64 heavy (non-hydrogen) atoms. The Balaban J connectivity index is 1.13. The third-order valence-electron chi connectivity index (χ3n) is 13.1. The largest absolute Gasteiger partial charge is 0.353 e. The highest BCUT2D eigenvalue weighted by molar-refractivity contribution is 6.24. The highest BCUT2D eigenvalue weighted by Crippen LogP contribution is 2.43. The predicted octanol–water partition coefficient (Wildman–Crippen LogP) is 14.1. The molecular formula is C57H35N7. The van der Waals surface area contributed by atoms with Crippen molar-refractivity contribution in [3.05, 3.63) is 206 Å². The first kappa shape index (κ1) is 34.9. The van der Waals surface area contributed by atoms with Crippen molar-refractivity contribution in [1.29, 1.82) is 0 Å². The van der Waals surface area contributed by atoms with Crippen LogP contribution in [0.25, 0.3) is 127 Å². The molecule has 0 bridgehead atoms. The normalized spacial score (nSPS) is 12.1. The van der Waals surface area contributed by atoms with E-state index in [1.165, 1.54) is 10.8 Å². The Kier molecular flexibility index (Phi) is 7.27. The SMILES string of the molecule is c1ccc(-c2ccc(-c3nc(-n4c5ccccc5c5ccc6c7ccccc7[nH]c6c54)nc(-n4c5ccccc5c5ccc6c7ccccc7n(-c7ccccc7)c6c54)n3)cc2)cc1. The quantitative estimate of drug-likeness (QED) is 0.188. The summed E-state index contributed by atoms with van der Waals surface area (Å²) < 4.78 is 6.90. The van der Waals surface area contributed by atoms with Gasteiger partial charge < -0.3 is 9.55 Å². The van der Waals surface area contributed by atoms with Crippen LogP contribution in [0.4, 0.5) is 0 Å². The summed E-state index contributed by atoms with van der Waals surface area (Å²) in [7, 11) is 0. The number of nitrogens with zero attached hydrogens (tertiary/aromatic N) is 6. The molecule has 14 aromatic rings. The number of benzene rings is 9. The Labute approximate surface area is 365 Å². The zero-order valence-electron chi connectivity index (χ0n) is 34.3. The Hall–Kier alpha value is -8.81. The van der Waals surface area contributed by atoms with Gasteiger partial charge in [0, 0.05) is 59.9 Å². The first-order valence-electron chi connectivity index (χ1n) is 21.6. The molecule has 0 saturated heterocycles. The summed E-state index contributed by atoms with van der Waals surface area (Å²) in [5.41, 5.74) is 12.7. The maximum atomic E-state index is 5.61. The molecule has 0 spiro atoms. The summed E-state index contributed by atoms with van der Waals surface area (Å²) in [6.45, 7) is 0. The van der Waals surface area contributed by atoms with E-state index in [4.69, 9.17) is 15.0 Å². The van der Waals surface area contributed by atoms with Crippen LogP contribution in [0.1, 0.15) is 0 Å². The molecule has 1 N–H and O–H groups in total. The molecule has 0 fully saturated rings. The van der Waals surface area contributed by atoms with Crippen LogP contribution in [-0.2, 0) is 0 Å². The van der Waals surface area contributed by atoms with Crippen molar-refractivity contribution in [1.82, 2.24) is 33.6 Å². The number of aromatic amines is 1. The number of fused-ring (bicyclic) bond motifs is 14. The van der Waals surface area contributed by atoms with Crippen LogP contribution >= 0.6 is 0 Å². The van der Waals surface area contributed by atoms with Crippen LogP contribution in [0.15, 0.2) is 206 Å². The van der Waals surface area contributed by atoms with Crippen LogP contribution < -0.4 is 0 Å². The van der Waals surface area contributed by atoms with Gasteiger partial charge in [-0.05, 0) is 47.5 Å². The number of hydrogen-bond acceptors (Lipinski definition) is 3. The standard InChI is InChI=1S/C57H35N7/c1-3-15-35(16-4-1)36-27-29-37(30-28-36)55-59-56(63-49-25-13-9-20-40(49)44-32-31-43-39-19-7-11-23-47(39)58-51(43)52(44)63)61-57(60-55)64-50-26-14-10-22-42(50)46-34-33-45-41-21-8-12-24-48(41)62(53(45)54(46)64)38-17-5-2-6-18-38/h1-34,58H. The van der Waals surface area contributed by atoms with Gasteiger partial charge in [-0.1, -0.05) is 170 Å².